The zero-order valence-corrected chi connectivity index (χ0v) is 8.93. The molecule has 1 heterocycles. The van der Waals surface area contributed by atoms with Gasteiger partial charge in [-0.25, -0.2) is 0 Å². The maximum absolute atomic E-state index is 8.76. The standard InChI is InChI=1S/C14H12N2/c15-6-8-16-7-5-12-10-13(16)9-11-3-1-2-4-14(11)12/h1-5,7,9,13H,8,10H2. The average Bonchev–Trinajstić information content (AvgIpc) is 2.33. The topological polar surface area (TPSA) is 27.0 Å². The molecule has 0 amide bonds. The third-order valence-electron chi connectivity index (χ3n) is 3.25. The molecule has 16 heavy (non-hydrogen) atoms. The molecule has 0 spiro atoms. The van der Waals surface area contributed by atoms with Crippen LogP contribution in [0.5, 0.6) is 0 Å². The maximum atomic E-state index is 8.76. The molecule has 2 heteroatoms. The van der Waals surface area contributed by atoms with Crippen molar-refractivity contribution in [2.75, 3.05) is 6.54 Å². The molecule has 2 bridgehead atoms. The van der Waals surface area contributed by atoms with Crippen molar-refractivity contribution < 1.29 is 0 Å². The van der Waals surface area contributed by atoms with Crippen LogP contribution in [-0.2, 0) is 0 Å². The fourth-order valence-corrected chi connectivity index (χ4v) is 2.45. The minimum atomic E-state index is 0.356. The molecule has 1 atom stereocenters. The first-order valence-electron chi connectivity index (χ1n) is 5.49. The molecule has 1 unspecified atom stereocenters. The molecule has 0 N–H and O–H groups in total. The van der Waals surface area contributed by atoms with Crippen LogP contribution in [0.4, 0.5) is 0 Å². The summed E-state index contributed by atoms with van der Waals surface area (Å²) in [5, 5.41) is 11.4. The predicted octanol–water partition coefficient (Wildman–Crippen LogP) is 0.743. The number of hydrogen-bond donors (Lipinski definition) is 0. The van der Waals surface area contributed by atoms with E-state index in [0.717, 1.165) is 6.42 Å². The van der Waals surface area contributed by atoms with E-state index in [4.69, 9.17) is 5.26 Å². The molecule has 1 aromatic rings. The molecule has 78 valence electrons. The van der Waals surface area contributed by atoms with Crippen molar-refractivity contribution in [1.82, 2.24) is 4.90 Å². The summed E-state index contributed by atoms with van der Waals surface area (Å²) in [6.07, 6.45) is 7.47. The SMILES string of the molecule is N#CCN1C=CC2=c3ccccc3=CC1C2. The Morgan fingerprint density at radius 3 is 3.12 bits per heavy atom. The second kappa shape index (κ2) is 3.53. The van der Waals surface area contributed by atoms with Crippen molar-refractivity contribution in [3.63, 3.8) is 0 Å². The summed E-state index contributed by atoms with van der Waals surface area (Å²) in [6.45, 7) is 0.465. The number of benzene rings is 1. The summed E-state index contributed by atoms with van der Waals surface area (Å²) in [6, 6.07) is 11.0. The van der Waals surface area contributed by atoms with E-state index in [1.54, 1.807) is 0 Å². The van der Waals surface area contributed by atoms with E-state index in [0.29, 0.717) is 12.6 Å². The summed E-state index contributed by atoms with van der Waals surface area (Å²) in [7, 11) is 0. The van der Waals surface area contributed by atoms with Gasteiger partial charge in [-0.3, -0.25) is 0 Å². The Morgan fingerprint density at radius 2 is 2.25 bits per heavy atom. The molecular formula is C14H12N2. The van der Waals surface area contributed by atoms with Crippen LogP contribution in [0.3, 0.4) is 0 Å². The lowest BCUT2D eigenvalue weighted by atomic mass is 9.92. The molecule has 2 aliphatic rings. The van der Waals surface area contributed by atoms with E-state index >= 15 is 0 Å². The number of nitriles is 1. The highest BCUT2D eigenvalue weighted by molar-refractivity contribution is 5.64. The maximum Gasteiger partial charge on any atom is 0.105 e. The van der Waals surface area contributed by atoms with Crippen molar-refractivity contribution in [1.29, 1.82) is 5.26 Å². The minimum Gasteiger partial charge on any atom is -0.357 e. The molecule has 1 aliphatic carbocycles. The minimum absolute atomic E-state index is 0.356. The quantitative estimate of drug-likeness (QED) is 0.637. The van der Waals surface area contributed by atoms with E-state index in [2.05, 4.69) is 47.4 Å². The fourth-order valence-electron chi connectivity index (χ4n) is 2.45. The van der Waals surface area contributed by atoms with Crippen molar-refractivity contribution in [3.8, 4) is 6.07 Å². The van der Waals surface area contributed by atoms with Gasteiger partial charge in [-0.05, 0) is 28.5 Å². The monoisotopic (exact) mass is 208 g/mol. The number of rotatable bonds is 1. The molecular weight excluding hydrogens is 196 g/mol. The van der Waals surface area contributed by atoms with Crippen molar-refractivity contribution in [2.45, 2.75) is 12.5 Å². The molecule has 0 saturated carbocycles. The van der Waals surface area contributed by atoms with E-state index in [-0.39, 0.29) is 0 Å². The average molecular weight is 208 g/mol. The third kappa shape index (κ3) is 1.33. The Morgan fingerprint density at radius 1 is 1.38 bits per heavy atom. The number of fused-ring (bicyclic) bond motifs is 3. The zero-order chi connectivity index (χ0) is 11.0. The van der Waals surface area contributed by atoms with Crippen LogP contribution >= 0.6 is 0 Å². The Hall–Kier alpha value is -2.01. The van der Waals surface area contributed by atoms with Gasteiger partial charge in [0.2, 0.25) is 0 Å². The summed E-state index contributed by atoms with van der Waals surface area (Å²) in [5.41, 5.74) is 1.39. The second-order valence-electron chi connectivity index (χ2n) is 4.20. The Labute approximate surface area is 94.4 Å². The van der Waals surface area contributed by atoms with Gasteiger partial charge < -0.3 is 4.90 Å². The molecule has 0 saturated heterocycles. The summed E-state index contributed by atoms with van der Waals surface area (Å²) < 4.78 is 0. The van der Waals surface area contributed by atoms with E-state index in [9.17, 15) is 0 Å². The van der Waals surface area contributed by atoms with Crippen LogP contribution in [-0.4, -0.2) is 17.5 Å². The normalized spacial score (nSPS) is 21.1. The third-order valence-corrected chi connectivity index (χ3v) is 3.25. The summed E-state index contributed by atoms with van der Waals surface area (Å²) >= 11 is 0. The van der Waals surface area contributed by atoms with Gasteiger partial charge in [0.25, 0.3) is 0 Å². The summed E-state index contributed by atoms with van der Waals surface area (Å²) in [4.78, 5) is 2.10. The smallest absolute Gasteiger partial charge is 0.105 e. The second-order valence-corrected chi connectivity index (χ2v) is 4.20. The van der Waals surface area contributed by atoms with Crippen LogP contribution in [0.15, 0.2) is 36.5 Å². The lowest BCUT2D eigenvalue weighted by Gasteiger charge is -2.32. The van der Waals surface area contributed by atoms with Crippen LogP contribution in [0.25, 0.3) is 11.6 Å². The molecule has 0 aromatic heterocycles. The Bertz CT molecular complexity index is 604. The van der Waals surface area contributed by atoms with E-state index < -0.39 is 0 Å². The van der Waals surface area contributed by atoms with E-state index in [1.165, 1.54) is 16.0 Å². The molecule has 0 fully saturated rings. The van der Waals surface area contributed by atoms with Crippen LogP contribution in [0.2, 0.25) is 0 Å². The molecule has 1 aliphatic heterocycles. The number of nitrogens with zero attached hydrogens (tertiary/aromatic N) is 2. The zero-order valence-electron chi connectivity index (χ0n) is 8.93. The fraction of sp³-hybridized carbons (Fsp3) is 0.214. The van der Waals surface area contributed by atoms with Gasteiger partial charge >= 0.3 is 0 Å². The van der Waals surface area contributed by atoms with Gasteiger partial charge in [-0.2, -0.15) is 5.26 Å². The first-order valence-corrected chi connectivity index (χ1v) is 5.49. The largest absolute Gasteiger partial charge is 0.357 e. The van der Waals surface area contributed by atoms with Crippen molar-refractivity contribution in [3.05, 3.63) is 47.0 Å². The van der Waals surface area contributed by atoms with Gasteiger partial charge in [0, 0.05) is 6.20 Å². The van der Waals surface area contributed by atoms with E-state index in [1.807, 2.05) is 6.20 Å². The molecule has 0 radical (unpaired) electrons. The molecule has 3 rings (SSSR count). The van der Waals surface area contributed by atoms with Gasteiger partial charge in [-0.15, -0.1) is 0 Å². The highest BCUT2D eigenvalue weighted by atomic mass is 15.1. The Balaban J connectivity index is 2.18. The lowest BCUT2D eigenvalue weighted by molar-refractivity contribution is 0.364. The number of hydrogen-bond acceptors (Lipinski definition) is 2. The lowest BCUT2D eigenvalue weighted by Crippen LogP contribution is -2.41. The molecule has 2 nitrogen and oxygen atoms in total. The van der Waals surface area contributed by atoms with Gasteiger partial charge in [0.1, 0.15) is 6.54 Å². The first-order chi connectivity index (χ1) is 7.88. The highest BCUT2D eigenvalue weighted by Crippen LogP contribution is 2.21. The highest BCUT2D eigenvalue weighted by Gasteiger charge is 2.20. The van der Waals surface area contributed by atoms with Crippen LogP contribution < -0.4 is 10.4 Å². The predicted molar refractivity (Wildman–Crippen MR) is 63.4 cm³/mol. The molecule has 1 aromatic carbocycles. The summed E-state index contributed by atoms with van der Waals surface area (Å²) in [5.74, 6) is 0. The van der Waals surface area contributed by atoms with Crippen LogP contribution in [0, 0.1) is 11.3 Å². The van der Waals surface area contributed by atoms with Gasteiger partial charge in [0.05, 0.1) is 12.1 Å². The van der Waals surface area contributed by atoms with Crippen molar-refractivity contribution >= 4 is 11.6 Å². The first kappa shape index (κ1) is 9.23. The Kier molecular flexibility index (Phi) is 2.04. The van der Waals surface area contributed by atoms with Crippen molar-refractivity contribution in [2.24, 2.45) is 0 Å². The van der Waals surface area contributed by atoms with Gasteiger partial charge in [-0.1, -0.05) is 30.3 Å². The van der Waals surface area contributed by atoms with Gasteiger partial charge in [0.15, 0.2) is 0 Å². The number of allylic oxidation sites excluding steroid dienone is 1. The van der Waals surface area contributed by atoms with Crippen LogP contribution in [0.1, 0.15) is 6.42 Å².